The highest BCUT2D eigenvalue weighted by Gasteiger charge is 2.33. The number of halogens is 1. The van der Waals surface area contributed by atoms with Crippen LogP contribution < -0.4 is 14.4 Å². The third-order valence-corrected chi connectivity index (χ3v) is 6.61. The molecular formula is C20H17BrN4O6S. The highest BCUT2D eigenvalue weighted by Crippen LogP contribution is 2.34. The smallest absolute Gasteiger partial charge is 0.242 e. The Labute approximate surface area is 191 Å². The summed E-state index contributed by atoms with van der Waals surface area (Å²) in [7, 11) is -2.65. The predicted octanol–water partition coefficient (Wildman–Crippen LogP) is 2.64. The van der Waals surface area contributed by atoms with E-state index in [2.05, 4.69) is 30.8 Å². The number of aromatic nitrogens is 2. The number of nitrogens with zero attached hydrogens (tertiary/aromatic N) is 3. The largest absolute Gasteiger partial charge is 0.495 e. The number of methoxy groups -OCH3 is 1. The number of imide groups is 1. The van der Waals surface area contributed by atoms with Gasteiger partial charge < -0.3 is 9.26 Å². The van der Waals surface area contributed by atoms with Crippen LogP contribution in [0.2, 0.25) is 0 Å². The quantitative estimate of drug-likeness (QED) is 0.470. The standard InChI is InChI=1S/C20H17BrN4O6S/c1-30-16-6-5-14(10-15(16)25-18(26)7-8-19(25)27)32(28,29)22-11-17-23-20(24-31-17)12-3-2-4-13(21)9-12/h2-6,9-10,22H,7-8,11H2,1H3. The Kier molecular flexibility index (Phi) is 6.09. The maximum absolute atomic E-state index is 12.8. The van der Waals surface area contributed by atoms with Crippen LogP contribution in [-0.2, 0) is 26.2 Å². The number of hydrogen-bond donors (Lipinski definition) is 1. The van der Waals surface area contributed by atoms with Crippen molar-refractivity contribution in [2.24, 2.45) is 0 Å². The van der Waals surface area contributed by atoms with E-state index in [0.717, 1.165) is 9.37 Å². The van der Waals surface area contributed by atoms with Gasteiger partial charge >= 0.3 is 0 Å². The van der Waals surface area contributed by atoms with E-state index in [4.69, 9.17) is 9.26 Å². The van der Waals surface area contributed by atoms with Crippen LogP contribution in [0.5, 0.6) is 5.75 Å². The van der Waals surface area contributed by atoms with Crippen LogP contribution in [0.1, 0.15) is 18.7 Å². The van der Waals surface area contributed by atoms with Crippen molar-refractivity contribution in [1.29, 1.82) is 0 Å². The maximum Gasteiger partial charge on any atom is 0.242 e. The minimum Gasteiger partial charge on any atom is -0.495 e. The number of anilines is 1. The van der Waals surface area contributed by atoms with Gasteiger partial charge in [0.2, 0.25) is 33.6 Å². The summed E-state index contributed by atoms with van der Waals surface area (Å²) in [5.74, 6) is -0.230. The first kappa shape index (κ1) is 22.1. The van der Waals surface area contributed by atoms with Gasteiger partial charge in [-0.2, -0.15) is 4.98 Å². The van der Waals surface area contributed by atoms with Crippen LogP contribution in [0.25, 0.3) is 11.4 Å². The number of rotatable bonds is 7. The van der Waals surface area contributed by atoms with E-state index in [-0.39, 0.29) is 41.6 Å². The molecule has 10 nitrogen and oxygen atoms in total. The van der Waals surface area contributed by atoms with Crippen molar-refractivity contribution in [2.75, 3.05) is 12.0 Å². The zero-order valence-electron chi connectivity index (χ0n) is 16.7. The molecular weight excluding hydrogens is 504 g/mol. The van der Waals surface area contributed by atoms with Gasteiger partial charge in [0, 0.05) is 22.9 Å². The Hall–Kier alpha value is -3.09. The molecule has 2 heterocycles. The zero-order valence-corrected chi connectivity index (χ0v) is 19.1. The van der Waals surface area contributed by atoms with Gasteiger partial charge in [-0.1, -0.05) is 33.2 Å². The second kappa shape index (κ2) is 8.81. The molecule has 1 N–H and O–H groups in total. The van der Waals surface area contributed by atoms with Gasteiger partial charge in [-0.25, -0.2) is 18.0 Å². The molecule has 0 atom stereocenters. The third-order valence-electron chi connectivity index (χ3n) is 4.72. The molecule has 1 aliphatic rings. The molecule has 1 saturated heterocycles. The summed E-state index contributed by atoms with van der Waals surface area (Å²) in [6.07, 6.45) is 0.128. The first-order valence-electron chi connectivity index (χ1n) is 9.40. The zero-order chi connectivity index (χ0) is 22.9. The van der Waals surface area contributed by atoms with Crippen LogP contribution in [0.3, 0.4) is 0 Å². The molecule has 2 amide bonds. The van der Waals surface area contributed by atoms with Gasteiger partial charge in [-0.3, -0.25) is 9.59 Å². The molecule has 2 aromatic carbocycles. The van der Waals surface area contributed by atoms with Gasteiger partial charge in [-0.05, 0) is 30.3 Å². The Morgan fingerprint density at radius 3 is 2.59 bits per heavy atom. The molecule has 12 heteroatoms. The topological polar surface area (TPSA) is 132 Å². The first-order chi connectivity index (χ1) is 15.3. The van der Waals surface area contributed by atoms with Crippen molar-refractivity contribution in [3.8, 4) is 17.1 Å². The van der Waals surface area contributed by atoms with Crippen molar-refractivity contribution in [2.45, 2.75) is 24.3 Å². The Bertz CT molecular complexity index is 1290. The minimum atomic E-state index is -4.02. The summed E-state index contributed by atoms with van der Waals surface area (Å²) in [5, 5.41) is 3.87. The van der Waals surface area contributed by atoms with E-state index < -0.39 is 21.8 Å². The number of benzene rings is 2. The van der Waals surface area contributed by atoms with Crippen LogP contribution in [0.15, 0.2) is 56.4 Å². The summed E-state index contributed by atoms with van der Waals surface area (Å²) in [6, 6.07) is 11.2. The molecule has 0 spiro atoms. The molecule has 0 unspecified atom stereocenters. The maximum atomic E-state index is 12.8. The van der Waals surface area contributed by atoms with Crippen LogP contribution in [-0.4, -0.2) is 37.5 Å². The number of carbonyl (C=O) groups is 2. The van der Waals surface area contributed by atoms with Crippen molar-refractivity contribution in [3.63, 3.8) is 0 Å². The fourth-order valence-electron chi connectivity index (χ4n) is 3.17. The van der Waals surface area contributed by atoms with Crippen molar-refractivity contribution < 1.29 is 27.3 Å². The molecule has 1 fully saturated rings. The van der Waals surface area contributed by atoms with Gasteiger partial charge in [0.25, 0.3) is 0 Å². The van der Waals surface area contributed by atoms with Crippen LogP contribution >= 0.6 is 15.9 Å². The van der Waals surface area contributed by atoms with E-state index in [1.165, 1.54) is 25.3 Å². The van der Waals surface area contributed by atoms with Gasteiger partial charge in [0.05, 0.1) is 24.2 Å². The Morgan fingerprint density at radius 2 is 1.91 bits per heavy atom. The third kappa shape index (κ3) is 4.42. The number of amides is 2. The summed E-state index contributed by atoms with van der Waals surface area (Å²) in [6.45, 7) is -0.244. The molecule has 0 aliphatic carbocycles. The number of ether oxygens (including phenoxy) is 1. The average Bonchev–Trinajstić information content (AvgIpc) is 3.38. The SMILES string of the molecule is COc1ccc(S(=O)(=O)NCc2nc(-c3cccc(Br)c3)no2)cc1N1C(=O)CCC1=O. The molecule has 0 bridgehead atoms. The monoisotopic (exact) mass is 520 g/mol. The van der Waals surface area contributed by atoms with Gasteiger partial charge in [0.15, 0.2) is 0 Å². The molecule has 1 aromatic heterocycles. The van der Waals surface area contributed by atoms with Crippen molar-refractivity contribution in [3.05, 3.63) is 52.8 Å². The Morgan fingerprint density at radius 1 is 1.16 bits per heavy atom. The summed E-state index contributed by atoms with van der Waals surface area (Å²) < 4.78 is 39.2. The lowest BCUT2D eigenvalue weighted by atomic mass is 10.2. The van der Waals surface area contributed by atoms with Crippen LogP contribution in [0.4, 0.5) is 5.69 Å². The summed E-state index contributed by atoms with van der Waals surface area (Å²) in [4.78, 5) is 29.2. The number of nitrogens with one attached hydrogen (secondary N) is 1. The van der Waals surface area contributed by atoms with E-state index >= 15 is 0 Å². The minimum absolute atomic E-state index is 0.0642. The highest BCUT2D eigenvalue weighted by atomic mass is 79.9. The molecule has 1 aliphatic heterocycles. The van der Waals surface area contributed by atoms with E-state index in [1.807, 2.05) is 12.1 Å². The molecule has 4 rings (SSSR count). The summed E-state index contributed by atoms with van der Waals surface area (Å²) in [5.41, 5.74) is 0.787. The second-order valence-electron chi connectivity index (χ2n) is 6.80. The van der Waals surface area contributed by atoms with Crippen molar-refractivity contribution in [1.82, 2.24) is 14.9 Å². The summed E-state index contributed by atoms with van der Waals surface area (Å²) >= 11 is 3.36. The number of sulfonamides is 1. The van der Waals surface area contributed by atoms with Gasteiger partial charge in [-0.15, -0.1) is 0 Å². The van der Waals surface area contributed by atoms with E-state index in [0.29, 0.717) is 11.4 Å². The van der Waals surface area contributed by atoms with E-state index in [9.17, 15) is 18.0 Å². The lowest BCUT2D eigenvalue weighted by molar-refractivity contribution is -0.121. The average molecular weight is 521 g/mol. The van der Waals surface area contributed by atoms with Crippen LogP contribution in [0, 0.1) is 0 Å². The lowest BCUT2D eigenvalue weighted by Crippen LogP contribution is -2.29. The number of hydrogen-bond acceptors (Lipinski definition) is 8. The number of carbonyl (C=O) groups excluding carboxylic acids is 2. The first-order valence-corrected chi connectivity index (χ1v) is 11.7. The fourth-order valence-corrected chi connectivity index (χ4v) is 4.56. The lowest BCUT2D eigenvalue weighted by Gasteiger charge is -2.18. The predicted molar refractivity (Wildman–Crippen MR) is 116 cm³/mol. The molecule has 0 radical (unpaired) electrons. The fraction of sp³-hybridized carbons (Fsp3) is 0.200. The molecule has 166 valence electrons. The van der Waals surface area contributed by atoms with Crippen molar-refractivity contribution >= 4 is 43.5 Å². The molecule has 32 heavy (non-hydrogen) atoms. The second-order valence-corrected chi connectivity index (χ2v) is 9.49. The normalized spacial score (nSPS) is 14.2. The highest BCUT2D eigenvalue weighted by molar-refractivity contribution is 9.10. The molecule has 0 saturated carbocycles. The molecule has 3 aromatic rings. The van der Waals surface area contributed by atoms with E-state index in [1.54, 1.807) is 12.1 Å². The Balaban J connectivity index is 1.55. The van der Waals surface area contributed by atoms with Gasteiger partial charge in [0.1, 0.15) is 5.75 Å².